The first kappa shape index (κ1) is 12.1. The fraction of sp³-hybridized carbons (Fsp3) is 0.167. The first-order valence-corrected chi connectivity index (χ1v) is 6.48. The number of nitrogens with zero attached hydrogens (tertiary/aromatic N) is 2. The third-order valence-corrected chi connectivity index (χ3v) is 3.86. The van der Waals surface area contributed by atoms with Crippen LogP contribution in [0.15, 0.2) is 28.4 Å². The van der Waals surface area contributed by atoms with Gasteiger partial charge in [0, 0.05) is 4.47 Å². The SMILES string of the molecule is COC(C)=C(C#N)c1nc2ccc(Br)cc2s1. The van der Waals surface area contributed by atoms with Gasteiger partial charge in [0.25, 0.3) is 0 Å². The Morgan fingerprint density at radius 3 is 2.94 bits per heavy atom. The molecular formula is C12H9BrN2OS. The minimum atomic E-state index is 0.491. The number of halogens is 1. The smallest absolute Gasteiger partial charge is 0.138 e. The number of hydrogen-bond donors (Lipinski definition) is 0. The van der Waals surface area contributed by atoms with Crippen molar-refractivity contribution in [2.45, 2.75) is 6.92 Å². The summed E-state index contributed by atoms with van der Waals surface area (Å²) in [7, 11) is 1.55. The van der Waals surface area contributed by atoms with E-state index in [1.54, 1.807) is 14.0 Å². The molecule has 0 aliphatic rings. The Morgan fingerprint density at radius 1 is 1.53 bits per heavy atom. The van der Waals surface area contributed by atoms with Gasteiger partial charge in [-0.1, -0.05) is 15.9 Å². The zero-order valence-corrected chi connectivity index (χ0v) is 11.7. The van der Waals surface area contributed by atoms with Crippen LogP contribution in [-0.2, 0) is 4.74 Å². The number of hydrogen-bond acceptors (Lipinski definition) is 4. The van der Waals surface area contributed by atoms with E-state index in [2.05, 4.69) is 27.0 Å². The van der Waals surface area contributed by atoms with Gasteiger partial charge in [-0.25, -0.2) is 4.98 Å². The minimum Gasteiger partial charge on any atom is -0.500 e. The van der Waals surface area contributed by atoms with E-state index in [1.165, 1.54) is 11.3 Å². The standard InChI is InChI=1S/C12H9BrN2OS/c1-7(16-2)9(6-14)12-15-10-4-3-8(13)5-11(10)17-12/h3-5H,1-2H3. The van der Waals surface area contributed by atoms with Crippen molar-refractivity contribution in [2.75, 3.05) is 7.11 Å². The summed E-state index contributed by atoms with van der Waals surface area (Å²) in [6.45, 7) is 1.76. The molecule has 86 valence electrons. The highest BCUT2D eigenvalue weighted by Crippen LogP contribution is 2.30. The number of thiazole rings is 1. The molecule has 1 heterocycles. The van der Waals surface area contributed by atoms with E-state index in [1.807, 2.05) is 18.2 Å². The Morgan fingerprint density at radius 2 is 2.29 bits per heavy atom. The van der Waals surface area contributed by atoms with Crippen LogP contribution in [-0.4, -0.2) is 12.1 Å². The topological polar surface area (TPSA) is 45.9 Å². The second-order valence-electron chi connectivity index (χ2n) is 3.38. The highest BCUT2D eigenvalue weighted by atomic mass is 79.9. The molecular weight excluding hydrogens is 300 g/mol. The van der Waals surface area contributed by atoms with Crippen molar-refractivity contribution < 1.29 is 4.74 Å². The van der Waals surface area contributed by atoms with E-state index in [-0.39, 0.29) is 0 Å². The Balaban J connectivity index is 2.61. The molecule has 0 aliphatic heterocycles. The molecule has 1 aromatic carbocycles. The summed E-state index contributed by atoms with van der Waals surface area (Å²) < 4.78 is 7.14. The van der Waals surface area contributed by atoms with Crippen molar-refractivity contribution in [1.82, 2.24) is 4.98 Å². The van der Waals surface area contributed by atoms with Crippen LogP contribution in [0.2, 0.25) is 0 Å². The maximum absolute atomic E-state index is 9.13. The van der Waals surface area contributed by atoms with Crippen molar-refractivity contribution in [2.24, 2.45) is 0 Å². The molecule has 0 fully saturated rings. The normalized spacial score (nSPS) is 12.1. The molecule has 0 aliphatic carbocycles. The Hall–Kier alpha value is -1.38. The molecule has 0 radical (unpaired) electrons. The summed E-state index contributed by atoms with van der Waals surface area (Å²) in [5.74, 6) is 0.589. The molecule has 1 aromatic heterocycles. The van der Waals surface area contributed by atoms with E-state index < -0.39 is 0 Å². The van der Waals surface area contributed by atoms with Crippen LogP contribution >= 0.6 is 27.3 Å². The van der Waals surface area contributed by atoms with Crippen molar-refractivity contribution in [3.63, 3.8) is 0 Å². The summed E-state index contributed by atoms with van der Waals surface area (Å²) >= 11 is 4.90. The quantitative estimate of drug-likeness (QED) is 0.623. The number of ether oxygens (including phenoxy) is 1. The molecule has 0 atom stereocenters. The first-order valence-electron chi connectivity index (χ1n) is 4.87. The summed E-state index contributed by atoms with van der Waals surface area (Å²) in [6.07, 6.45) is 0. The van der Waals surface area contributed by atoms with Gasteiger partial charge in [0.2, 0.25) is 0 Å². The number of fused-ring (bicyclic) bond motifs is 1. The van der Waals surface area contributed by atoms with Gasteiger partial charge in [-0.15, -0.1) is 11.3 Å². The molecule has 0 unspecified atom stereocenters. The first-order chi connectivity index (χ1) is 8.15. The van der Waals surface area contributed by atoms with Gasteiger partial charge in [-0.3, -0.25) is 0 Å². The van der Waals surface area contributed by atoms with E-state index in [0.29, 0.717) is 16.3 Å². The molecule has 0 spiro atoms. The fourth-order valence-corrected chi connectivity index (χ4v) is 2.95. The number of allylic oxidation sites excluding steroid dienone is 2. The number of aromatic nitrogens is 1. The van der Waals surface area contributed by atoms with Crippen LogP contribution in [0.1, 0.15) is 11.9 Å². The maximum atomic E-state index is 9.13. The highest BCUT2D eigenvalue weighted by Gasteiger charge is 2.12. The van der Waals surface area contributed by atoms with Crippen molar-refractivity contribution in [3.8, 4) is 6.07 Å². The molecule has 0 amide bonds. The van der Waals surface area contributed by atoms with Gasteiger partial charge in [-0.2, -0.15) is 5.26 Å². The highest BCUT2D eigenvalue weighted by molar-refractivity contribution is 9.10. The van der Waals surface area contributed by atoms with Crippen molar-refractivity contribution in [3.05, 3.63) is 33.4 Å². The largest absolute Gasteiger partial charge is 0.500 e. The zero-order valence-electron chi connectivity index (χ0n) is 9.32. The van der Waals surface area contributed by atoms with E-state index in [9.17, 15) is 0 Å². The maximum Gasteiger partial charge on any atom is 0.138 e. The average Bonchev–Trinajstić information content (AvgIpc) is 2.72. The van der Waals surface area contributed by atoms with Crippen LogP contribution in [0.5, 0.6) is 0 Å². The average molecular weight is 309 g/mol. The van der Waals surface area contributed by atoms with Gasteiger partial charge in [0.05, 0.1) is 17.3 Å². The third kappa shape index (κ3) is 2.33. The lowest BCUT2D eigenvalue weighted by Crippen LogP contribution is -1.88. The van der Waals surface area contributed by atoms with Gasteiger partial charge >= 0.3 is 0 Å². The minimum absolute atomic E-state index is 0.491. The molecule has 5 heteroatoms. The monoisotopic (exact) mass is 308 g/mol. The van der Waals surface area contributed by atoms with E-state index in [4.69, 9.17) is 10.00 Å². The number of nitriles is 1. The summed E-state index contributed by atoms with van der Waals surface area (Å²) in [5.41, 5.74) is 1.38. The van der Waals surface area contributed by atoms with Gasteiger partial charge in [0.15, 0.2) is 0 Å². The fourth-order valence-electron chi connectivity index (χ4n) is 1.38. The Kier molecular flexibility index (Phi) is 3.46. The van der Waals surface area contributed by atoms with E-state index >= 15 is 0 Å². The summed E-state index contributed by atoms with van der Waals surface area (Å²) in [5, 5.41) is 9.82. The lowest BCUT2D eigenvalue weighted by molar-refractivity contribution is 0.296. The van der Waals surface area contributed by atoms with Crippen LogP contribution < -0.4 is 0 Å². The molecule has 17 heavy (non-hydrogen) atoms. The molecule has 3 nitrogen and oxygen atoms in total. The molecule has 0 N–H and O–H groups in total. The van der Waals surface area contributed by atoms with Crippen LogP contribution in [0.3, 0.4) is 0 Å². The van der Waals surface area contributed by atoms with Gasteiger partial charge in [-0.05, 0) is 25.1 Å². The molecule has 0 saturated carbocycles. The predicted molar refractivity (Wildman–Crippen MR) is 72.5 cm³/mol. The molecule has 2 rings (SSSR count). The molecule has 2 aromatic rings. The summed E-state index contributed by atoms with van der Waals surface area (Å²) in [4.78, 5) is 4.43. The number of methoxy groups -OCH3 is 1. The predicted octanol–water partition coefficient (Wildman–Crippen LogP) is 3.96. The molecule has 0 bridgehead atoms. The second kappa shape index (κ2) is 4.86. The van der Waals surface area contributed by atoms with E-state index in [0.717, 1.165) is 14.7 Å². The second-order valence-corrected chi connectivity index (χ2v) is 5.32. The Labute approximate surface area is 111 Å². The molecule has 0 saturated heterocycles. The number of rotatable bonds is 2. The number of benzene rings is 1. The van der Waals surface area contributed by atoms with Gasteiger partial charge < -0.3 is 4.74 Å². The lowest BCUT2D eigenvalue weighted by Gasteiger charge is -1.99. The lowest BCUT2D eigenvalue weighted by atomic mass is 10.2. The third-order valence-electron chi connectivity index (χ3n) is 2.33. The van der Waals surface area contributed by atoms with Crippen molar-refractivity contribution >= 4 is 43.1 Å². The van der Waals surface area contributed by atoms with Crippen LogP contribution in [0.4, 0.5) is 0 Å². The Bertz CT molecular complexity index is 639. The van der Waals surface area contributed by atoms with Gasteiger partial charge in [0.1, 0.15) is 22.4 Å². The van der Waals surface area contributed by atoms with Crippen LogP contribution in [0.25, 0.3) is 15.8 Å². The van der Waals surface area contributed by atoms with Crippen LogP contribution in [0, 0.1) is 11.3 Å². The zero-order chi connectivity index (χ0) is 12.4. The summed E-state index contributed by atoms with van der Waals surface area (Å²) in [6, 6.07) is 7.99. The van der Waals surface area contributed by atoms with Crippen molar-refractivity contribution in [1.29, 1.82) is 5.26 Å².